The van der Waals surface area contributed by atoms with Gasteiger partial charge in [0.1, 0.15) is 0 Å². The van der Waals surface area contributed by atoms with Crippen LogP contribution in [0.3, 0.4) is 0 Å². The van der Waals surface area contributed by atoms with Crippen LogP contribution in [0, 0.1) is 5.21 Å². The van der Waals surface area contributed by atoms with Gasteiger partial charge in [0.05, 0.1) is 5.56 Å². The molecule has 5 heteroatoms. The Balaban J connectivity index is 3.06. The van der Waals surface area contributed by atoms with Crippen molar-refractivity contribution in [1.82, 2.24) is 0 Å². The molecule has 1 heterocycles. The Hall–Kier alpha value is -1.78. The number of hydrogen-bond donors (Lipinski definition) is 2. The SMILES string of the molecule is NC(=NO)c1ccc[n+]([O-])c1. The van der Waals surface area contributed by atoms with Crippen molar-refractivity contribution in [3.8, 4) is 0 Å². The molecule has 0 aliphatic carbocycles. The van der Waals surface area contributed by atoms with E-state index in [2.05, 4.69) is 5.16 Å². The van der Waals surface area contributed by atoms with Gasteiger partial charge < -0.3 is 16.1 Å². The van der Waals surface area contributed by atoms with Crippen LogP contribution in [0.4, 0.5) is 0 Å². The molecule has 0 aromatic carbocycles. The van der Waals surface area contributed by atoms with Crippen molar-refractivity contribution >= 4 is 5.84 Å². The Morgan fingerprint density at radius 1 is 1.73 bits per heavy atom. The highest BCUT2D eigenvalue weighted by molar-refractivity contribution is 5.96. The molecule has 0 aliphatic rings. The first-order valence-electron chi connectivity index (χ1n) is 2.91. The predicted octanol–water partition coefficient (Wildman–Crippen LogP) is -0.586. The molecule has 0 saturated heterocycles. The van der Waals surface area contributed by atoms with Crippen molar-refractivity contribution in [3.63, 3.8) is 0 Å². The smallest absolute Gasteiger partial charge is 0.191 e. The molecule has 0 bridgehead atoms. The minimum atomic E-state index is -0.0739. The highest BCUT2D eigenvalue weighted by Gasteiger charge is 2.00. The Bertz CT molecular complexity index is 285. The molecule has 58 valence electrons. The fourth-order valence-electron chi connectivity index (χ4n) is 0.664. The molecule has 0 unspecified atom stereocenters. The molecule has 5 nitrogen and oxygen atoms in total. The van der Waals surface area contributed by atoms with E-state index in [0.29, 0.717) is 10.3 Å². The molecule has 1 aromatic rings. The summed E-state index contributed by atoms with van der Waals surface area (Å²) >= 11 is 0. The van der Waals surface area contributed by atoms with E-state index in [9.17, 15) is 5.21 Å². The lowest BCUT2D eigenvalue weighted by Crippen LogP contribution is -2.27. The Morgan fingerprint density at radius 3 is 3.00 bits per heavy atom. The van der Waals surface area contributed by atoms with Gasteiger partial charge in [0.15, 0.2) is 18.2 Å². The minimum absolute atomic E-state index is 0.0739. The monoisotopic (exact) mass is 153 g/mol. The van der Waals surface area contributed by atoms with Crippen molar-refractivity contribution < 1.29 is 9.94 Å². The summed E-state index contributed by atoms with van der Waals surface area (Å²) < 4.78 is 0.577. The maximum Gasteiger partial charge on any atom is 0.191 e. The average Bonchev–Trinajstić information content (AvgIpc) is 2.03. The van der Waals surface area contributed by atoms with Gasteiger partial charge in [-0.1, -0.05) is 5.16 Å². The standard InChI is InChI=1S/C6H7N3O2/c7-6(8-10)5-2-1-3-9(11)4-5/h1-4,10H,(H2,7,8). The van der Waals surface area contributed by atoms with Gasteiger partial charge in [0, 0.05) is 6.07 Å². The summed E-state index contributed by atoms with van der Waals surface area (Å²) in [6.07, 6.45) is 2.53. The van der Waals surface area contributed by atoms with E-state index in [4.69, 9.17) is 10.9 Å². The molecule has 1 rings (SSSR count). The topological polar surface area (TPSA) is 85.5 Å². The van der Waals surface area contributed by atoms with Crippen LogP contribution >= 0.6 is 0 Å². The summed E-state index contributed by atoms with van der Waals surface area (Å²) in [5.74, 6) is -0.0739. The molecule has 0 radical (unpaired) electrons. The molecule has 0 spiro atoms. The maximum absolute atomic E-state index is 10.6. The Morgan fingerprint density at radius 2 is 2.45 bits per heavy atom. The number of oxime groups is 1. The molecule has 0 amide bonds. The lowest BCUT2D eigenvalue weighted by Gasteiger charge is -1.97. The highest BCUT2D eigenvalue weighted by atomic mass is 16.5. The van der Waals surface area contributed by atoms with E-state index in [1.54, 1.807) is 6.07 Å². The van der Waals surface area contributed by atoms with Crippen LogP contribution in [0.5, 0.6) is 0 Å². The van der Waals surface area contributed by atoms with Crippen LogP contribution in [0.25, 0.3) is 0 Å². The third-order valence-electron chi connectivity index (χ3n) is 1.18. The zero-order chi connectivity index (χ0) is 8.27. The van der Waals surface area contributed by atoms with Crippen molar-refractivity contribution in [2.45, 2.75) is 0 Å². The molecule has 0 aliphatic heterocycles. The summed E-state index contributed by atoms with van der Waals surface area (Å²) in [7, 11) is 0. The van der Waals surface area contributed by atoms with Gasteiger partial charge in [-0.05, 0) is 6.07 Å². The van der Waals surface area contributed by atoms with E-state index in [-0.39, 0.29) is 5.84 Å². The fourth-order valence-corrected chi connectivity index (χ4v) is 0.664. The summed E-state index contributed by atoms with van der Waals surface area (Å²) in [5.41, 5.74) is 5.60. The van der Waals surface area contributed by atoms with E-state index in [0.717, 1.165) is 0 Å². The molecular formula is C6H7N3O2. The molecule has 11 heavy (non-hydrogen) atoms. The molecule has 0 atom stereocenters. The van der Waals surface area contributed by atoms with Gasteiger partial charge >= 0.3 is 0 Å². The van der Waals surface area contributed by atoms with Gasteiger partial charge in [-0.25, -0.2) is 0 Å². The van der Waals surface area contributed by atoms with Crippen molar-refractivity contribution in [1.29, 1.82) is 0 Å². The van der Waals surface area contributed by atoms with Crippen LogP contribution in [0.2, 0.25) is 0 Å². The number of hydrogen-bond acceptors (Lipinski definition) is 3. The first kappa shape index (κ1) is 7.33. The van der Waals surface area contributed by atoms with E-state index < -0.39 is 0 Å². The number of pyridine rings is 1. The molecule has 3 N–H and O–H groups in total. The highest BCUT2D eigenvalue weighted by Crippen LogP contribution is 1.91. The molecule has 0 fully saturated rings. The van der Waals surface area contributed by atoms with Crippen LogP contribution < -0.4 is 10.5 Å². The van der Waals surface area contributed by atoms with E-state index in [1.807, 2.05) is 0 Å². The van der Waals surface area contributed by atoms with Gasteiger partial charge in [-0.2, -0.15) is 4.73 Å². The lowest BCUT2D eigenvalue weighted by atomic mass is 10.3. The fraction of sp³-hybridized carbons (Fsp3) is 0. The Kier molecular flexibility index (Phi) is 1.91. The lowest BCUT2D eigenvalue weighted by molar-refractivity contribution is -0.605. The zero-order valence-electron chi connectivity index (χ0n) is 5.64. The van der Waals surface area contributed by atoms with Crippen LogP contribution in [0.15, 0.2) is 29.7 Å². The van der Waals surface area contributed by atoms with Gasteiger partial charge in [0.25, 0.3) is 0 Å². The van der Waals surface area contributed by atoms with Crippen molar-refractivity contribution in [3.05, 3.63) is 35.3 Å². The van der Waals surface area contributed by atoms with Gasteiger partial charge in [-0.15, -0.1) is 0 Å². The number of rotatable bonds is 1. The second-order valence-electron chi connectivity index (χ2n) is 1.94. The number of aromatic nitrogens is 1. The van der Waals surface area contributed by atoms with Crippen LogP contribution in [-0.2, 0) is 0 Å². The molecule has 0 saturated carbocycles. The van der Waals surface area contributed by atoms with E-state index in [1.165, 1.54) is 18.5 Å². The van der Waals surface area contributed by atoms with Crippen LogP contribution in [0.1, 0.15) is 5.56 Å². The summed E-state index contributed by atoms with van der Waals surface area (Å²) in [6, 6.07) is 3.09. The summed E-state index contributed by atoms with van der Waals surface area (Å²) in [5, 5.41) is 21.6. The molecule has 1 aromatic heterocycles. The van der Waals surface area contributed by atoms with Gasteiger partial charge in [0.2, 0.25) is 0 Å². The second-order valence-corrected chi connectivity index (χ2v) is 1.94. The van der Waals surface area contributed by atoms with Gasteiger partial charge in [-0.3, -0.25) is 0 Å². The predicted molar refractivity (Wildman–Crippen MR) is 37.9 cm³/mol. The van der Waals surface area contributed by atoms with Crippen molar-refractivity contribution in [2.24, 2.45) is 10.9 Å². The quantitative estimate of drug-likeness (QED) is 0.141. The molecular weight excluding hydrogens is 146 g/mol. The summed E-state index contributed by atoms with van der Waals surface area (Å²) in [4.78, 5) is 0. The Labute approximate surface area is 63.0 Å². The zero-order valence-corrected chi connectivity index (χ0v) is 5.64. The van der Waals surface area contributed by atoms with Crippen LogP contribution in [-0.4, -0.2) is 11.0 Å². The third-order valence-corrected chi connectivity index (χ3v) is 1.18. The third kappa shape index (κ3) is 1.57. The normalized spacial score (nSPS) is 11.5. The number of amidine groups is 1. The number of nitrogens with zero attached hydrogens (tertiary/aromatic N) is 2. The second kappa shape index (κ2) is 2.87. The largest absolute Gasteiger partial charge is 0.619 e. The van der Waals surface area contributed by atoms with Crippen molar-refractivity contribution in [2.75, 3.05) is 0 Å². The average molecular weight is 153 g/mol. The minimum Gasteiger partial charge on any atom is -0.619 e. The maximum atomic E-state index is 10.6. The first-order valence-corrected chi connectivity index (χ1v) is 2.91. The first-order chi connectivity index (χ1) is 5.24. The summed E-state index contributed by atoms with van der Waals surface area (Å²) in [6.45, 7) is 0. The van der Waals surface area contributed by atoms with E-state index >= 15 is 0 Å². The number of nitrogens with two attached hydrogens (primary N) is 1.